The number of piperidine rings is 1. The van der Waals surface area contributed by atoms with Crippen LogP contribution in [0.2, 0.25) is 5.02 Å². The molecule has 1 aliphatic rings. The van der Waals surface area contributed by atoms with Gasteiger partial charge < -0.3 is 9.47 Å². The van der Waals surface area contributed by atoms with Gasteiger partial charge in [-0.2, -0.15) is 13.2 Å². The average Bonchev–Trinajstić information content (AvgIpc) is 2.88. The van der Waals surface area contributed by atoms with Crippen molar-refractivity contribution in [2.24, 2.45) is 5.92 Å². The van der Waals surface area contributed by atoms with Gasteiger partial charge in [0, 0.05) is 36.4 Å². The molecule has 11 heteroatoms. The van der Waals surface area contributed by atoms with Gasteiger partial charge in [-0.15, -0.1) is 0 Å². The van der Waals surface area contributed by atoms with E-state index in [0.29, 0.717) is 29.3 Å². The SMILES string of the molecule is CS(=O)(=O)c1cc(OCC2CCN(Cc3cccc(Cl)c3)C(OC(=O)C(F)(F)F)C2)ccc1-c1ccccc1. The van der Waals surface area contributed by atoms with Gasteiger partial charge in [0.2, 0.25) is 0 Å². The van der Waals surface area contributed by atoms with Crippen molar-refractivity contribution in [3.05, 3.63) is 83.4 Å². The first-order chi connectivity index (χ1) is 18.4. The molecule has 39 heavy (non-hydrogen) atoms. The number of likely N-dealkylation sites (tertiary alicyclic amines) is 1. The summed E-state index contributed by atoms with van der Waals surface area (Å²) in [5, 5.41) is 0.492. The van der Waals surface area contributed by atoms with E-state index in [4.69, 9.17) is 21.1 Å². The van der Waals surface area contributed by atoms with Crippen LogP contribution in [0.4, 0.5) is 13.2 Å². The van der Waals surface area contributed by atoms with E-state index in [1.165, 1.54) is 6.07 Å². The highest BCUT2D eigenvalue weighted by atomic mass is 35.5. The Morgan fingerprint density at radius 3 is 2.46 bits per heavy atom. The molecule has 2 atom stereocenters. The number of hydrogen-bond acceptors (Lipinski definition) is 6. The number of esters is 1. The molecule has 1 fully saturated rings. The highest BCUT2D eigenvalue weighted by molar-refractivity contribution is 7.90. The van der Waals surface area contributed by atoms with Crippen molar-refractivity contribution in [3.8, 4) is 16.9 Å². The fourth-order valence-corrected chi connectivity index (χ4v) is 5.66. The molecule has 0 bridgehead atoms. The molecular weight excluding hydrogens is 555 g/mol. The van der Waals surface area contributed by atoms with Crippen molar-refractivity contribution < 1.29 is 35.9 Å². The van der Waals surface area contributed by atoms with Crippen LogP contribution in [0.3, 0.4) is 0 Å². The van der Waals surface area contributed by atoms with Crippen LogP contribution in [-0.4, -0.2) is 51.1 Å². The molecule has 2 unspecified atom stereocenters. The molecule has 0 spiro atoms. The molecule has 208 valence electrons. The number of nitrogens with zero attached hydrogens (tertiary/aromatic N) is 1. The maximum atomic E-state index is 13.0. The zero-order chi connectivity index (χ0) is 28.2. The van der Waals surface area contributed by atoms with Crippen LogP contribution in [0.25, 0.3) is 11.1 Å². The van der Waals surface area contributed by atoms with E-state index in [-0.39, 0.29) is 30.4 Å². The third kappa shape index (κ3) is 7.74. The van der Waals surface area contributed by atoms with E-state index in [1.54, 1.807) is 41.3 Å². The van der Waals surface area contributed by atoms with Gasteiger partial charge in [0.25, 0.3) is 0 Å². The number of halogens is 4. The second kappa shape index (κ2) is 12.0. The molecule has 1 heterocycles. The summed E-state index contributed by atoms with van der Waals surface area (Å²) in [6, 6.07) is 20.8. The maximum absolute atomic E-state index is 13.0. The minimum absolute atomic E-state index is 0.110. The lowest BCUT2D eigenvalue weighted by molar-refractivity contribution is -0.217. The Hall–Kier alpha value is -3.08. The zero-order valence-corrected chi connectivity index (χ0v) is 22.6. The maximum Gasteiger partial charge on any atom is 0.490 e. The standard InChI is InChI=1S/C28H27ClF3NO5S/c1-39(35,36)25-16-23(10-11-24(25)21-7-3-2-4-8-21)37-18-20-12-13-33(17-19-6-5-9-22(29)14-19)26(15-20)38-27(34)28(30,31)32/h2-11,14,16,20,26H,12-13,15,17-18H2,1H3. The van der Waals surface area contributed by atoms with Crippen LogP contribution in [-0.2, 0) is 25.9 Å². The Morgan fingerprint density at radius 2 is 1.79 bits per heavy atom. The van der Waals surface area contributed by atoms with E-state index in [2.05, 4.69) is 0 Å². The number of sulfone groups is 1. The Kier molecular flexibility index (Phi) is 8.88. The van der Waals surface area contributed by atoms with Crippen LogP contribution in [0, 0.1) is 5.92 Å². The number of benzene rings is 3. The first-order valence-corrected chi connectivity index (χ1v) is 14.5. The van der Waals surface area contributed by atoms with Crippen molar-refractivity contribution >= 4 is 27.4 Å². The normalized spacial score (nSPS) is 18.5. The van der Waals surface area contributed by atoms with Gasteiger partial charge in [0.1, 0.15) is 5.75 Å². The molecule has 0 N–H and O–H groups in total. The van der Waals surface area contributed by atoms with Gasteiger partial charge in [-0.1, -0.05) is 54.1 Å². The van der Waals surface area contributed by atoms with Gasteiger partial charge in [-0.3, -0.25) is 4.90 Å². The predicted molar refractivity (Wildman–Crippen MR) is 141 cm³/mol. The fraction of sp³-hybridized carbons (Fsp3) is 0.321. The first kappa shape index (κ1) is 28.9. The summed E-state index contributed by atoms with van der Waals surface area (Å²) < 4.78 is 74.7. The number of carbonyl (C=O) groups is 1. The summed E-state index contributed by atoms with van der Waals surface area (Å²) in [4.78, 5) is 13.4. The second-order valence-corrected chi connectivity index (χ2v) is 11.9. The van der Waals surface area contributed by atoms with E-state index in [0.717, 1.165) is 17.4 Å². The molecule has 3 aromatic carbocycles. The van der Waals surface area contributed by atoms with Gasteiger partial charge >= 0.3 is 12.1 Å². The Bertz CT molecular complexity index is 1420. The molecule has 6 nitrogen and oxygen atoms in total. The number of alkyl halides is 3. The van der Waals surface area contributed by atoms with Gasteiger partial charge in [-0.05, 0) is 53.8 Å². The number of hydrogen-bond donors (Lipinski definition) is 0. The topological polar surface area (TPSA) is 72.9 Å². The average molecular weight is 582 g/mol. The molecule has 0 aliphatic carbocycles. The molecule has 1 aliphatic heterocycles. The van der Waals surface area contributed by atoms with Crippen LogP contribution < -0.4 is 4.74 Å². The Balaban J connectivity index is 1.48. The molecule has 0 saturated carbocycles. The van der Waals surface area contributed by atoms with E-state index >= 15 is 0 Å². The summed E-state index contributed by atoms with van der Waals surface area (Å²) in [6.45, 7) is 0.722. The van der Waals surface area contributed by atoms with Crippen LogP contribution in [0.5, 0.6) is 5.75 Å². The van der Waals surface area contributed by atoms with Crippen LogP contribution in [0.1, 0.15) is 18.4 Å². The summed E-state index contributed by atoms with van der Waals surface area (Å²) in [7, 11) is -3.58. The monoisotopic (exact) mass is 581 g/mol. The molecule has 0 amide bonds. The Labute approximate surface area is 230 Å². The number of ether oxygens (including phenoxy) is 2. The number of carbonyl (C=O) groups excluding carboxylic acids is 1. The molecule has 0 radical (unpaired) electrons. The second-order valence-electron chi connectivity index (χ2n) is 9.46. The zero-order valence-electron chi connectivity index (χ0n) is 21.0. The quantitative estimate of drug-likeness (QED) is 0.298. The third-order valence-electron chi connectivity index (χ3n) is 6.44. The fourth-order valence-electron chi connectivity index (χ4n) is 4.53. The largest absolute Gasteiger partial charge is 0.493 e. The van der Waals surface area contributed by atoms with Gasteiger partial charge in [0.15, 0.2) is 16.1 Å². The minimum atomic E-state index is -5.12. The third-order valence-corrected chi connectivity index (χ3v) is 7.81. The van der Waals surface area contributed by atoms with E-state index in [1.807, 2.05) is 30.3 Å². The van der Waals surface area contributed by atoms with Gasteiger partial charge in [-0.25, -0.2) is 13.2 Å². The van der Waals surface area contributed by atoms with Crippen molar-refractivity contribution in [1.82, 2.24) is 4.90 Å². The lowest BCUT2D eigenvalue weighted by Gasteiger charge is -2.38. The Morgan fingerprint density at radius 1 is 1.05 bits per heavy atom. The van der Waals surface area contributed by atoms with E-state index in [9.17, 15) is 26.4 Å². The van der Waals surface area contributed by atoms with Crippen LogP contribution >= 0.6 is 11.6 Å². The molecular formula is C28H27ClF3NO5S. The first-order valence-electron chi connectivity index (χ1n) is 12.2. The van der Waals surface area contributed by atoms with Crippen LogP contribution in [0.15, 0.2) is 77.7 Å². The molecule has 4 rings (SSSR count). The molecule has 0 aromatic heterocycles. The lowest BCUT2D eigenvalue weighted by Crippen LogP contribution is -2.47. The van der Waals surface area contributed by atoms with Crippen molar-refractivity contribution in [2.75, 3.05) is 19.4 Å². The summed E-state index contributed by atoms with van der Waals surface area (Å²) in [5.74, 6) is -2.16. The predicted octanol–water partition coefficient (Wildman–Crippen LogP) is 6.13. The van der Waals surface area contributed by atoms with Gasteiger partial charge in [0.05, 0.1) is 11.5 Å². The van der Waals surface area contributed by atoms with E-state index < -0.39 is 28.2 Å². The highest BCUT2D eigenvalue weighted by Crippen LogP contribution is 2.33. The van der Waals surface area contributed by atoms with Crippen molar-refractivity contribution in [3.63, 3.8) is 0 Å². The number of rotatable bonds is 8. The van der Waals surface area contributed by atoms with Crippen molar-refractivity contribution in [1.29, 1.82) is 0 Å². The highest BCUT2D eigenvalue weighted by Gasteiger charge is 2.44. The summed E-state index contributed by atoms with van der Waals surface area (Å²) >= 11 is 6.04. The minimum Gasteiger partial charge on any atom is -0.493 e. The summed E-state index contributed by atoms with van der Waals surface area (Å²) in [5.41, 5.74) is 2.06. The van der Waals surface area contributed by atoms with Crippen molar-refractivity contribution in [2.45, 2.75) is 36.7 Å². The molecule has 3 aromatic rings. The summed E-state index contributed by atoms with van der Waals surface area (Å²) in [6.07, 6.45) is -4.43. The molecule has 1 saturated heterocycles. The lowest BCUT2D eigenvalue weighted by atomic mass is 9.95. The smallest absolute Gasteiger partial charge is 0.490 e.